The van der Waals surface area contributed by atoms with Crippen molar-refractivity contribution in [3.05, 3.63) is 98.7 Å². The summed E-state index contributed by atoms with van der Waals surface area (Å²) in [7, 11) is 0. The predicted molar refractivity (Wildman–Crippen MR) is 131 cm³/mol. The van der Waals surface area contributed by atoms with Crippen LogP contribution in [0.25, 0.3) is 5.57 Å². The van der Waals surface area contributed by atoms with Crippen LogP contribution in [0.15, 0.2) is 60.3 Å². The Bertz CT molecular complexity index is 1310. The van der Waals surface area contributed by atoms with Gasteiger partial charge in [-0.2, -0.15) is 0 Å². The van der Waals surface area contributed by atoms with Gasteiger partial charge in [0.25, 0.3) is 11.8 Å². The molecule has 1 N–H and O–H groups in total. The van der Waals surface area contributed by atoms with Crippen LogP contribution in [0.3, 0.4) is 0 Å². The van der Waals surface area contributed by atoms with Gasteiger partial charge in [-0.3, -0.25) is 9.59 Å². The molecule has 5 heteroatoms. The van der Waals surface area contributed by atoms with Crippen LogP contribution in [0.1, 0.15) is 33.4 Å². The smallest absolute Gasteiger partial charge is 0.282 e. The minimum atomic E-state index is -0.395. The van der Waals surface area contributed by atoms with E-state index < -0.39 is 5.91 Å². The van der Waals surface area contributed by atoms with Crippen molar-refractivity contribution in [1.29, 1.82) is 0 Å². The van der Waals surface area contributed by atoms with Gasteiger partial charge in [0.05, 0.1) is 11.3 Å². The highest BCUT2D eigenvalue weighted by Gasteiger charge is 2.41. The molecule has 0 bridgehead atoms. The summed E-state index contributed by atoms with van der Waals surface area (Å²) in [6, 6.07) is 17.0. The number of hydrogen-bond donors (Lipinski definition) is 1. The monoisotopic (exact) mass is 444 g/mol. The van der Waals surface area contributed by atoms with E-state index in [0.717, 1.165) is 33.5 Å². The number of nitrogens with zero attached hydrogens (tertiary/aromatic N) is 1. The Kier molecular flexibility index (Phi) is 5.66. The second-order valence-electron chi connectivity index (χ2n) is 8.37. The van der Waals surface area contributed by atoms with Crippen LogP contribution in [0.2, 0.25) is 5.02 Å². The molecule has 4 rings (SSSR count). The Balaban J connectivity index is 1.89. The zero-order chi connectivity index (χ0) is 23.2. The molecule has 0 spiro atoms. The van der Waals surface area contributed by atoms with Gasteiger partial charge in [0.15, 0.2) is 0 Å². The molecule has 0 saturated heterocycles. The molecule has 162 valence electrons. The van der Waals surface area contributed by atoms with E-state index in [0.29, 0.717) is 21.8 Å². The number of nitrogens with one attached hydrogen (secondary N) is 1. The Morgan fingerprint density at radius 3 is 2.12 bits per heavy atom. The van der Waals surface area contributed by atoms with E-state index in [1.54, 1.807) is 12.1 Å². The quantitative estimate of drug-likeness (QED) is 0.482. The van der Waals surface area contributed by atoms with Crippen LogP contribution < -0.4 is 10.2 Å². The fraction of sp³-hybridized carbons (Fsp3) is 0.185. The summed E-state index contributed by atoms with van der Waals surface area (Å²) in [6.07, 6.45) is 0. The maximum Gasteiger partial charge on any atom is 0.282 e. The van der Waals surface area contributed by atoms with Crippen LogP contribution >= 0.6 is 11.6 Å². The summed E-state index contributed by atoms with van der Waals surface area (Å²) >= 11 is 6.21. The third-order valence-electron chi connectivity index (χ3n) is 5.93. The van der Waals surface area contributed by atoms with Gasteiger partial charge in [-0.25, -0.2) is 4.90 Å². The summed E-state index contributed by atoms with van der Waals surface area (Å²) < 4.78 is 0. The lowest BCUT2D eigenvalue weighted by Gasteiger charge is -2.18. The number of hydrogen-bond acceptors (Lipinski definition) is 3. The second-order valence-corrected chi connectivity index (χ2v) is 8.81. The first-order valence-corrected chi connectivity index (χ1v) is 10.9. The van der Waals surface area contributed by atoms with E-state index in [1.165, 1.54) is 4.90 Å². The molecule has 0 unspecified atom stereocenters. The fourth-order valence-electron chi connectivity index (χ4n) is 3.94. The van der Waals surface area contributed by atoms with E-state index in [-0.39, 0.29) is 11.6 Å². The van der Waals surface area contributed by atoms with E-state index >= 15 is 0 Å². The highest BCUT2D eigenvalue weighted by molar-refractivity contribution is 6.46. The third-order valence-corrected chi connectivity index (χ3v) is 6.17. The Hall–Kier alpha value is -3.37. The topological polar surface area (TPSA) is 49.4 Å². The van der Waals surface area contributed by atoms with Crippen molar-refractivity contribution in [2.45, 2.75) is 34.6 Å². The molecule has 32 heavy (non-hydrogen) atoms. The predicted octanol–water partition coefficient (Wildman–Crippen LogP) is 6.28. The molecule has 1 heterocycles. The highest BCUT2D eigenvalue weighted by Crippen LogP contribution is 2.37. The third kappa shape index (κ3) is 3.82. The van der Waals surface area contributed by atoms with Crippen LogP contribution in [0, 0.1) is 34.6 Å². The van der Waals surface area contributed by atoms with E-state index in [2.05, 4.69) is 5.32 Å². The molecule has 0 atom stereocenters. The highest BCUT2D eigenvalue weighted by atomic mass is 35.5. The molecule has 2 amide bonds. The number of carbonyl (C=O) groups excluding carboxylic acids is 2. The lowest BCUT2D eigenvalue weighted by Crippen LogP contribution is -2.33. The molecule has 1 aliphatic rings. The maximum absolute atomic E-state index is 13.7. The molecule has 3 aromatic carbocycles. The van der Waals surface area contributed by atoms with Crippen molar-refractivity contribution >= 4 is 40.4 Å². The molecule has 3 aromatic rings. The summed E-state index contributed by atoms with van der Waals surface area (Å²) in [5, 5.41) is 3.73. The molecule has 0 saturated carbocycles. The van der Waals surface area contributed by atoms with Gasteiger partial charge in [-0.05, 0) is 80.6 Å². The molecule has 0 radical (unpaired) electrons. The Morgan fingerprint density at radius 1 is 0.719 bits per heavy atom. The Morgan fingerprint density at radius 2 is 1.44 bits per heavy atom. The summed E-state index contributed by atoms with van der Waals surface area (Å²) in [4.78, 5) is 28.5. The van der Waals surface area contributed by atoms with Crippen molar-refractivity contribution in [3.8, 4) is 0 Å². The average molecular weight is 445 g/mol. The minimum absolute atomic E-state index is 0.268. The normalized spacial score (nSPS) is 13.9. The number of imide groups is 1. The number of aryl methyl sites for hydroxylation is 5. The van der Waals surface area contributed by atoms with Gasteiger partial charge in [-0.1, -0.05) is 53.6 Å². The molecule has 0 aromatic heterocycles. The maximum atomic E-state index is 13.7. The number of anilines is 2. The number of benzene rings is 3. The van der Waals surface area contributed by atoms with E-state index in [4.69, 9.17) is 11.6 Å². The first-order valence-electron chi connectivity index (χ1n) is 10.5. The van der Waals surface area contributed by atoms with Crippen LogP contribution in [0.5, 0.6) is 0 Å². The SMILES string of the molecule is Cc1ccc(NC2=C(c3ccc(C)c(C)c3)C(=O)N(c3cc(Cl)ccc3C)C2=O)c(C)c1. The van der Waals surface area contributed by atoms with Gasteiger partial charge >= 0.3 is 0 Å². The minimum Gasteiger partial charge on any atom is -0.350 e. The average Bonchev–Trinajstić information content (AvgIpc) is 2.98. The van der Waals surface area contributed by atoms with Crippen LogP contribution in [-0.2, 0) is 9.59 Å². The molecular weight excluding hydrogens is 420 g/mol. The standard InChI is InChI=1S/C27H25ClN2O2/c1-15-6-11-22(19(5)12-15)29-25-24(20-9-7-16(2)18(4)13-20)26(31)30(27(25)32)23-14-21(28)10-8-17(23)3/h6-14,29H,1-5H3. The molecule has 4 nitrogen and oxygen atoms in total. The summed E-state index contributed by atoms with van der Waals surface area (Å²) in [5.74, 6) is -0.760. The van der Waals surface area contributed by atoms with E-state index in [1.807, 2.05) is 77.1 Å². The summed E-state index contributed by atoms with van der Waals surface area (Å²) in [6.45, 7) is 9.87. The van der Waals surface area contributed by atoms with Gasteiger partial charge < -0.3 is 5.32 Å². The first kappa shape index (κ1) is 21.8. The van der Waals surface area contributed by atoms with Crippen LogP contribution in [-0.4, -0.2) is 11.8 Å². The van der Waals surface area contributed by atoms with Crippen molar-refractivity contribution in [2.75, 3.05) is 10.2 Å². The zero-order valence-corrected chi connectivity index (χ0v) is 19.6. The zero-order valence-electron chi connectivity index (χ0n) is 18.8. The summed E-state index contributed by atoms with van der Waals surface area (Å²) in [5.41, 5.74) is 7.71. The molecular formula is C27H25ClN2O2. The fourth-order valence-corrected chi connectivity index (χ4v) is 4.11. The van der Waals surface area contributed by atoms with Gasteiger partial charge in [0, 0.05) is 10.7 Å². The van der Waals surface area contributed by atoms with E-state index in [9.17, 15) is 9.59 Å². The second kappa shape index (κ2) is 8.29. The molecule has 0 fully saturated rings. The van der Waals surface area contributed by atoms with Crippen molar-refractivity contribution in [2.24, 2.45) is 0 Å². The van der Waals surface area contributed by atoms with Crippen molar-refractivity contribution in [1.82, 2.24) is 0 Å². The van der Waals surface area contributed by atoms with Crippen molar-refractivity contribution < 1.29 is 9.59 Å². The molecule has 1 aliphatic heterocycles. The van der Waals surface area contributed by atoms with Gasteiger partial charge in [0.1, 0.15) is 5.70 Å². The number of carbonyl (C=O) groups is 2. The van der Waals surface area contributed by atoms with Crippen LogP contribution in [0.4, 0.5) is 11.4 Å². The van der Waals surface area contributed by atoms with Gasteiger partial charge in [0.2, 0.25) is 0 Å². The Labute approximate surface area is 193 Å². The lowest BCUT2D eigenvalue weighted by atomic mass is 9.99. The number of amides is 2. The first-order chi connectivity index (χ1) is 15.2. The largest absolute Gasteiger partial charge is 0.350 e. The lowest BCUT2D eigenvalue weighted by molar-refractivity contribution is -0.120. The molecule has 0 aliphatic carbocycles. The van der Waals surface area contributed by atoms with Crippen molar-refractivity contribution in [3.63, 3.8) is 0 Å². The van der Waals surface area contributed by atoms with Gasteiger partial charge in [-0.15, -0.1) is 0 Å². The number of halogens is 1. The number of rotatable bonds is 4.